The van der Waals surface area contributed by atoms with Crippen molar-refractivity contribution in [2.24, 2.45) is 0 Å². The van der Waals surface area contributed by atoms with E-state index in [0.29, 0.717) is 26.6 Å². The average molecular weight is 422 g/mol. The summed E-state index contributed by atoms with van der Waals surface area (Å²) >= 11 is 13.3. The molecule has 0 radical (unpaired) electrons. The van der Waals surface area contributed by atoms with Gasteiger partial charge in [-0.3, -0.25) is 4.79 Å². The number of halogens is 2. The maximum absolute atomic E-state index is 12.3. The van der Waals surface area contributed by atoms with Gasteiger partial charge in [0.1, 0.15) is 0 Å². The van der Waals surface area contributed by atoms with Crippen LogP contribution in [0.1, 0.15) is 11.1 Å². The largest absolute Gasteiger partial charge is 0.335 e. The van der Waals surface area contributed by atoms with Crippen LogP contribution in [-0.2, 0) is 4.79 Å². The lowest BCUT2D eigenvalue weighted by atomic mass is 10.1. The number of nitrogens with one attached hydrogen (secondary N) is 1. The van der Waals surface area contributed by atoms with E-state index in [1.54, 1.807) is 18.2 Å². The highest BCUT2D eigenvalue weighted by Gasteiger charge is 2.16. The molecule has 0 aliphatic rings. The number of carbonyl (C=O) groups is 1. The molecule has 0 saturated carbocycles. The molecule has 9 heteroatoms. The van der Waals surface area contributed by atoms with E-state index in [1.165, 1.54) is 16.4 Å². The highest BCUT2D eigenvalue weighted by atomic mass is 35.5. The minimum Gasteiger partial charge on any atom is -0.335 e. The van der Waals surface area contributed by atoms with Crippen molar-refractivity contribution in [1.82, 2.24) is 14.9 Å². The lowest BCUT2D eigenvalue weighted by Crippen LogP contribution is -2.17. The first kappa shape index (κ1) is 19.5. The number of nitrogens with zero attached hydrogens (tertiary/aromatic N) is 3. The number of amides is 1. The molecule has 140 valence electrons. The van der Waals surface area contributed by atoms with Gasteiger partial charge in [-0.15, -0.1) is 10.2 Å². The normalized spacial score (nSPS) is 10.8. The van der Waals surface area contributed by atoms with Crippen molar-refractivity contribution in [3.63, 3.8) is 0 Å². The van der Waals surface area contributed by atoms with E-state index in [0.717, 1.165) is 16.8 Å². The molecule has 1 amide bonds. The van der Waals surface area contributed by atoms with Crippen LogP contribution in [0.15, 0.2) is 41.6 Å². The quantitative estimate of drug-likeness (QED) is 0.473. The standard InChI is InChI=1S/C18H17Cl2N5OS/c1-10-3-4-11(2)15(7-10)22-16(26)9-27-18-24-23-17(25(18)21)13-6-5-12(19)8-14(13)20/h3-8H,9,21H2,1-2H3,(H,22,26). The molecule has 0 aliphatic heterocycles. The number of nitrogens with two attached hydrogens (primary N) is 1. The van der Waals surface area contributed by atoms with E-state index in [1.807, 2.05) is 32.0 Å². The van der Waals surface area contributed by atoms with Gasteiger partial charge in [0.05, 0.1) is 10.8 Å². The Bertz CT molecular complexity index is 1010. The zero-order valence-corrected chi connectivity index (χ0v) is 17.0. The summed E-state index contributed by atoms with van der Waals surface area (Å²) in [5.74, 6) is 6.47. The Morgan fingerprint density at radius 3 is 2.70 bits per heavy atom. The molecule has 0 aliphatic carbocycles. The van der Waals surface area contributed by atoms with Gasteiger partial charge in [0.2, 0.25) is 11.1 Å². The summed E-state index contributed by atoms with van der Waals surface area (Å²) in [6.07, 6.45) is 0. The zero-order valence-electron chi connectivity index (χ0n) is 14.7. The maximum Gasteiger partial charge on any atom is 0.234 e. The molecule has 0 spiro atoms. The van der Waals surface area contributed by atoms with Gasteiger partial charge in [-0.2, -0.15) is 0 Å². The van der Waals surface area contributed by atoms with E-state index in [-0.39, 0.29) is 11.7 Å². The summed E-state index contributed by atoms with van der Waals surface area (Å²) in [7, 11) is 0. The molecule has 0 unspecified atom stereocenters. The Kier molecular flexibility index (Phi) is 5.94. The van der Waals surface area contributed by atoms with Crippen LogP contribution in [0.25, 0.3) is 11.4 Å². The fourth-order valence-electron chi connectivity index (χ4n) is 2.42. The van der Waals surface area contributed by atoms with E-state index in [4.69, 9.17) is 29.0 Å². The summed E-state index contributed by atoms with van der Waals surface area (Å²) < 4.78 is 1.31. The molecule has 1 heterocycles. The molecular formula is C18H17Cl2N5OS. The second-order valence-electron chi connectivity index (χ2n) is 5.96. The highest BCUT2D eigenvalue weighted by molar-refractivity contribution is 7.99. The predicted octanol–water partition coefficient (Wildman–Crippen LogP) is 4.31. The number of thioether (sulfide) groups is 1. The zero-order chi connectivity index (χ0) is 19.6. The van der Waals surface area contributed by atoms with Gasteiger partial charge in [-0.25, -0.2) is 4.68 Å². The minimum atomic E-state index is -0.150. The van der Waals surface area contributed by atoms with Crippen molar-refractivity contribution in [2.75, 3.05) is 16.9 Å². The second kappa shape index (κ2) is 8.21. The van der Waals surface area contributed by atoms with Crippen molar-refractivity contribution < 1.29 is 4.79 Å². The molecule has 6 nitrogen and oxygen atoms in total. The number of carbonyl (C=O) groups excluding carboxylic acids is 1. The smallest absolute Gasteiger partial charge is 0.234 e. The summed E-state index contributed by atoms with van der Waals surface area (Å²) in [6.45, 7) is 3.92. The third kappa shape index (κ3) is 4.55. The van der Waals surface area contributed by atoms with Gasteiger partial charge in [-0.05, 0) is 49.2 Å². The third-order valence-corrected chi connectivity index (χ3v) is 5.33. The molecule has 0 saturated heterocycles. The molecule has 3 N–H and O–H groups in total. The van der Waals surface area contributed by atoms with E-state index >= 15 is 0 Å². The van der Waals surface area contributed by atoms with Gasteiger partial charge >= 0.3 is 0 Å². The van der Waals surface area contributed by atoms with Crippen molar-refractivity contribution in [2.45, 2.75) is 19.0 Å². The van der Waals surface area contributed by atoms with Crippen LogP contribution >= 0.6 is 35.0 Å². The van der Waals surface area contributed by atoms with Crippen molar-refractivity contribution in [1.29, 1.82) is 0 Å². The molecule has 0 fully saturated rings. The van der Waals surface area contributed by atoms with Gasteiger partial charge in [-0.1, -0.05) is 47.1 Å². The second-order valence-corrected chi connectivity index (χ2v) is 7.74. The van der Waals surface area contributed by atoms with Crippen LogP contribution in [-0.4, -0.2) is 26.5 Å². The molecule has 0 atom stereocenters. The van der Waals surface area contributed by atoms with Gasteiger partial charge in [0.15, 0.2) is 5.82 Å². The van der Waals surface area contributed by atoms with Crippen LogP contribution < -0.4 is 11.2 Å². The minimum absolute atomic E-state index is 0.150. The summed E-state index contributed by atoms with van der Waals surface area (Å²) in [5, 5.41) is 12.4. The van der Waals surface area contributed by atoms with E-state index < -0.39 is 0 Å². The van der Waals surface area contributed by atoms with Crippen molar-refractivity contribution >= 4 is 46.6 Å². The van der Waals surface area contributed by atoms with Gasteiger partial charge < -0.3 is 11.2 Å². The lowest BCUT2D eigenvalue weighted by Gasteiger charge is -2.09. The molecule has 3 rings (SSSR count). The topological polar surface area (TPSA) is 85.8 Å². The lowest BCUT2D eigenvalue weighted by molar-refractivity contribution is -0.113. The summed E-state index contributed by atoms with van der Waals surface area (Å²) in [4.78, 5) is 12.3. The Labute approximate surface area is 171 Å². The number of rotatable bonds is 5. The summed E-state index contributed by atoms with van der Waals surface area (Å²) in [6, 6.07) is 10.9. The highest BCUT2D eigenvalue weighted by Crippen LogP contribution is 2.30. The average Bonchev–Trinajstić information content (AvgIpc) is 2.97. The molecule has 0 bridgehead atoms. The monoisotopic (exact) mass is 421 g/mol. The first-order valence-electron chi connectivity index (χ1n) is 8.01. The van der Waals surface area contributed by atoms with Crippen LogP contribution in [0.5, 0.6) is 0 Å². The SMILES string of the molecule is Cc1ccc(C)c(NC(=O)CSc2nnc(-c3ccc(Cl)cc3Cl)n2N)c1. The number of anilines is 1. The Morgan fingerprint density at radius 1 is 1.19 bits per heavy atom. The fourth-order valence-corrected chi connectivity index (χ4v) is 3.57. The third-order valence-electron chi connectivity index (χ3n) is 3.84. The number of nitrogen functional groups attached to an aromatic ring is 1. The van der Waals surface area contributed by atoms with Crippen LogP contribution in [0, 0.1) is 13.8 Å². The Balaban J connectivity index is 1.69. The molecule has 1 aromatic heterocycles. The Morgan fingerprint density at radius 2 is 1.96 bits per heavy atom. The Hall–Kier alpha value is -2.22. The molecule has 3 aromatic rings. The van der Waals surface area contributed by atoms with E-state index in [9.17, 15) is 4.79 Å². The van der Waals surface area contributed by atoms with E-state index in [2.05, 4.69) is 15.5 Å². The van der Waals surface area contributed by atoms with Crippen molar-refractivity contribution in [3.05, 3.63) is 57.6 Å². The number of aromatic nitrogens is 3. The molecule has 27 heavy (non-hydrogen) atoms. The molecule has 2 aromatic carbocycles. The van der Waals surface area contributed by atoms with Crippen LogP contribution in [0.3, 0.4) is 0 Å². The number of hydrogen-bond donors (Lipinski definition) is 2. The van der Waals surface area contributed by atoms with Crippen molar-refractivity contribution in [3.8, 4) is 11.4 Å². The first-order valence-corrected chi connectivity index (χ1v) is 9.75. The predicted molar refractivity (Wildman–Crippen MR) is 111 cm³/mol. The number of benzene rings is 2. The maximum atomic E-state index is 12.3. The summed E-state index contributed by atoms with van der Waals surface area (Å²) in [5.41, 5.74) is 3.49. The van der Waals surface area contributed by atoms with Gasteiger partial charge in [0, 0.05) is 16.3 Å². The fraction of sp³-hybridized carbons (Fsp3) is 0.167. The molecular weight excluding hydrogens is 405 g/mol. The number of hydrogen-bond acceptors (Lipinski definition) is 5. The van der Waals surface area contributed by atoms with Crippen LogP contribution in [0.4, 0.5) is 5.69 Å². The first-order chi connectivity index (χ1) is 12.8. The van der Waals surface area contributed by atoms with Crippen LogP contribution in [0.2, 0.25) is 10.0 Å². The van der Waals surface area contributed by atoms with Gasteiger partial charge in [0.25, 0.3) is 0 Å². The number of aryl methyl sites for hydroxylation is 2.